The number of rotatable bonds is 6. The van der Waals surface area contributed by atoms with E-state index in [0.717, 1.165) is 90.6 Å². The molecule has 0 spiro atoms. The Morgan fingerprint density at radius 2 is 1.11 bits per heavy atom. The molecule has 6 aliphatic rings. The first-order chi connectivity index (χ1) is 25.6. The fraction of sp³-hybridized carbons (Fsp3) is 0.698. The topological polar surface area (TPSA) is 108 Å². The number of nitrogens with one attached hydrogen (secondary N) is 1. The van der Waals surface area contributed by atoms with Crippen LogP contribution in [0, 0.1) is 23.7 Å². The number of hydrogen-bond acceptors (Lipinski definition) is 7. The zero-order valence-corrected chi connectivity index (χ0v) is 33.8. The van der Waals surface area contributed by atoms with Crippen molar-refractivity contribution in [2.75, 3.05) is 52.4 Å². The first kappa shape index (κ1) is 40.4. The van der Waals surface area contributed by atoms with E-state index in [0.29, 0.717) is 30.8 Å². The predicted octanol–water partition coefficient (Wildman–Crippen LogP) is 5.99. The van der Waals surface area contributed by atoms with Crippen LogP contribution < -0.4 is 5.32 Å². The summed E-state index contributed by atoms with van der Waals surface area (Å²) in [5.74, 6) is 2.02. The number of carbonyl (C=O) groups is 3. The van der Waals surface area contributed by atoms with Gasteiger partial charge < -0.3 is 24.8 Å². The molecule has 0 saturated carbocycles. The molecule has 10 nitrogen and oxygen atoms in total. The van der Waals surface area contributed by atoms with Gasteiger partial charge >= 0.3 is 6.09 Å². The summed E-state index contributed by atoms with van der Waals surface area (Å²) in [6.45, 7) is 11.8. The third-order valence-corrected chi connectivity index (χ3v) is 12.3. The van der Waals surface area contributed by atoms with Crippen LogP contribution in [0.25, 0.3) is 0 Å². The summed E-state index contributed by atoms with van der Waals surface area (Å²) in [6, 6.07) is 9.03. The number of piperidine rings is 2. The van der Waals surface area contributed by atoms with Crippen molar-refractivity contribution in [3.8, 4) is 0 Å². The molecule has 4 fully saturated rings. The Kier molecular flexibility index (Phi) is 13.6. The van der Waals surface area contributed by atoms with E-state index in [9.17, 15) is 14.4 Å². The normalized spacial score (nSPS) is 21.0. The van der Waals surface area contributed by atoms with Gasteiger partial charge in [0, 0.05) is 75.1 Å². The number of likely N-dealkylation sites (tertiary alicyclic amines) is 3. The van der Waals surface area contributed by atoms with Crippen LogP contribution in [-0.2, 0) is 52.9 Å². The van der Waals surface area contributed by atoms with Gasteiger partial charge in [-0.15, -0.1) is 12.4 Å². The second kappa shape index (κ2) is 18.1. The van der Waals surface area contributed by atoms with Gasteiger partial charge in [-0.3, -0.25) is 19.6 Å². The van der Waals surface area contributed by atoms with Crippen LogP contribution in [0.3, 0.4) is 0 Å². The summed E-state index contributed by atoms with van der Waals surface area (Å²) < 4.78 is 5.38. The summed E-state index contributed by atoms with van der Waals surface area (Å²) in [5.41, 5.74) is 7.54. The van der Waals surface area contributed by atoms with Crippen LogP contribution in [-0.4, -0.2) is 101 Å². The molecule has 11 heteroatoms. The largest absolute Gasteiger partial charge is 0.444 e. The van der Waals surface area contributed by atoms with Crippen LogP contribution >= 0.6 is 12.4 Å². The monoisotopic (exact) mass is 762 g/mol. The third-order valence-electron chi connectivity index (χ3n) is 12.3. The van der Waals surface area contributed by atoms with Crippen molar-refractivity contribution in [3.63, 3.8) is 0 Å². The van der Waals surface area contributed by atoms with Crippen molar-refractivity contribution in [2.45, 2.75) is 116 Å². The lowest BCUT2D eigenvalue weighted by atomic mass is 9.89. The minimum atomic E-state index is -0.499. The fourth-order valence-electron chi connectivity index (χ4n) is 8.88. The molecule has 3 amide bonds. The highest BCUT2D eigenvalue weighted by Gasteiger charge is 2.40. The van der Waals surface area contributed by atoms with Crippen molar-refractivity contribution in [1.82, 2.24) is 30.0 Å². The van der Waals surface area contributed by atoms with E-state index >= 15 is 0 Å². The van der Waals surface area contributed by atoms with E-state index in [1.807, 2.05) is 25.7 Å². The van der Waals surface area contributed by atoms with Gasteiger partial charge in [0.2, 0.25) is 11.8 Å². The Balaban J connectivity index is 0.000000187. The molecule has 4 aliphatic heterocycles. The van der Waals surface area contributed by atoms with Gasteiger partial charge in [-0.1, -0.05) is 12.1 Å². The highest BCUT2D eigenvalue weighted by atomic mass is 35.5. The molecule has 2 aromatic heterocycles. The van der Waals surface area contributed by atoms with Crippen LogP contribution in [0.1, 0.15) is 106 Å². The molecule has 8 rings (SSSR count). The van der Waals surface area contributed by atoms with Gasteiger partial charge in [0.1, 0.15) is 5.60 Å². The molecule has 54 heavy (non-hydrogen) atoms. The van der Waals surface area contributed by atoms with Gasteiger partial charge in [-0.2, -0.15) is 0 Å². The van der Waals surface area contributed by atoms with Crippen molar-refractivity contribution < 1.29 is 19.1 Å². The van der Waals surface area contributed by atoms with Gasteiger partial charge in [-0.25, -0.2) is 4.79 Å². The number of halogens is 1. The Morgan fingerprint density at radius 1 is 0.667 bits per heavy atom. The standard InChI is InChI=1S/C24H35N3O3.C19H27N3O.ClH/c1-24(2,3)30-23(29)27-15-19(16-27)22(28)26-12-10-17(11-13-26)14-20-9-8-18-6-4-5-7-21(18)25-20;23-19(16-12-20-13-16)22-9-7-14(8-10-22)11-17-6-5-15-3-1-2-4-18(15)21-17;/h8-9,17,19H,4-7,10-16H2,1-3H3;5-6,14,16,20H,1-4,7-13H2;1H. The van der Waals surface area contributed by atoms with E-state index in [-0.39, 0.29) is 36.2 Å². The number of pyridine rings is 2. The molecular formula is C43H63ClN6O4. The van der Waals surface area contributed by atoms with Gasteiger partial charge in [0.15, 0.2) is 0 Å². The Hall–Kier alpha value is -3.24. The molecule has 296 valence electrons. The zero-order chi connectivity index (χ0) is 37.0. The van der Waals surface area contributed by atoms with E-state index in [2.05, 4.69) is 34.5 Å². The van der Waals surface area contributed by atoms with Gasteiger partial charge in [0.05, 0.1) is 11.8 Å². The molecule has 1 N–H and O–H groups in total. The van der Waals surface area contributed by atoms with E-state index in [1.165, 1.54) is 72.4 Å². The van der Waals surface area contributed by atoms with E-state index in [4.69, 9.17) is 14.7 Å². The lowest BCUT2D eigenvalue weighted by Gasteiger charge is -2.42. The number of aryl methyl sites for hydroxylation is 4. The second-order valence-electron chi connectivity index (χ2n) is 17.6. The van der Waals surface area contributed by atoms with Crippen LogP contribution in [0.15, 0.2) is 24.3 Å². The van der Waals surface area contributed by atoms with Gasteiger partial charge in [0.25, 0.3) is 0 Å². The van der Waals surface area contributed by atoms with Crippen molar-refractivity contribution in [1.29, 1.82) is 0 Å². The number of aromatic nitrogens is 2. The first-order valence-corrected chi connectivity index (χ1v) is 20.8. The summed E-state index contributed by atoms with van der Waals surface area (Å²) in [6.07, 6.45) is 15.9. The number of carbonyl (C=O) groups excluding carboxylic acids is 3. The van der Waals surface area contributed by atoms with Crippen molar-refractivity contribution >= 4 is 30.3 Å². The Morgan fingerprint density at radius 3 is 1.54 bits per heavy atom. The lowest BCUT2D eigenvalue weighted by Crippen LogP contribution is -2.58. The van der Waals surface area contributed by atoms with Crippen LogP contribution in [0.4, 0.5) is 4.79 Å². The average molecular weight is 763 g/mol. The maximum absolute atomic E-state index is 12.8. The first-order valence-electron chi connectivity index (χ1n) is 20.8. The molecule has 4 saturated heterocycles. The lowest BCUT2D eigenvalue weighted by molar-refractivity contribution is -0.142. The summed E-state index contributed by atoms with van der Waals surface area (Å²) >= 11 is 0. The molecular weight excluding hydrogens is 700 g/mol. The molecule has 0 atom stereocenters. The smallest absolute Gasteiger partial charge is 0.410 e. The minimum absolute atomic E-state index is 0. The number of amides is 3. The number of fused-ring (bicyclic) bond motifs is 2. The quantitative estimate of drug-likeness (QED) is 0.386. The van der Waals surface area contributed by atoms with Crippen molar-refractivity contribution in [2.24, 2.45) is 23.7 Å². The summed E-state index contributed by atoms with van der Waals surface area (Å²) in [4.78, 5) is 52.7. The highest BCUT2D eigenvalue weighted by Crippen LogP contribution is 2.28. The number of ether oxygens (including phenoxy) is 1. The maximum Gasteiger partial charge on any atom is 0.410 e. The SMILES string of the molecule is CC(C)(C)OC(=O)N1CC(C(=O)N2CCC(Cc3ccc4c(n3)CCCC4)CC2)C1.Cl.O=C(C1CNC1)N1CCC(Cc2ccc3c(n2)CCCC3)CC1. The Labute approximate surface area is 329 Å². The van der Waals surface area contributed by atoms with Crippen molar-refractivity contribution in [3.05, 3.63) is 58.2 Å². The maximum atomic E-state index is 12.8. The van der Waals surface area contributed by atoms with Crippen LogP contribution in [0.2, 0.25) is 0 Å². The van der Waals surface area contributed by atoms with E-state index < -0.39 is 5.60 Å². The molecule has 0 aromatic carbocycles. The third kappa shape index (κ3) is 10.3. The highest BCUT2D eigenvalue weighted by molar-refractivity contribution is 5.85. The molecule has 6 heterocycles. The fourth-order valence-corrected chi connectivity index (χ4v) is 8.88. The second-order valence-corrected chi connectivity index (χ2v) is 17.6. The molecule has 0 bridgehead atoms. The predicted molar refractivity (Wildman–Crippen MR) is 213 cm³/mol. The number of hydrogen-bond donors (Lipinski definition) is 1. The number of nitrogens with zero attached hydrogens (tertiary/aromatic N) is 5. The summed E-state index contributed by atoms with van der Waals surface area (Å²) in [7, 11) is 0. The summed E-state index contributed by atoms with van der Waals surface area (Å²) in [5, 5.41) is 3.19. The Bertz CT molecular complexity index is 1600. The minimum Gasteiger partial charge on any atom is -0.444 e. The van der Waals surface area contributed by atoms with Gasteiger partial charge in [-0.05, 0) is 146 Å². The molecule has 2 aromatic rings. The molecule has 0 radical (unpaired) electrons. The molecule has 0 unspecified atom stereocenters. The average Bonchev–Trinajstić information content (AvgIpc) is 3.10. The molecule has 2 aliphatic carbocycles. The van der Waals surface area contributed by atoms with E-state index in [1.54, 1.807) is 4.90 Å². The zero-order valence-electron chi connectivity index (χ0n) is 33.0. The van der Waals surface area contributed by atoms with Crippen LogP contribution in [0.5, 0.6) is 0 Å².